The van der Waals surface area contributed by atoms with Crippen LogP contribution in [0.3, 0.4) is 0 Å². The molecule has 1 aliphatic rings. The van der Waals surface area contributed by atoms with E-state index in [1.54, 1.807) is 29.6 Å². The molecular weight excluding hydrogens is 422 g/mol. The number of benzene rings is 1. The van der Waals surface area contributed by atoms with Gasteiger partial charge in [0.05, 0.1) is 35.8 Å². The summed E-state index contributed by atoms with van der Waals surface area (Å²) in [6.07, 6.45) is 5.56. The highest BCUT2D eigenvalue weighted by Crippen LogP contribution is 2.36. The molecule has 4 heterocycles. The van der Waals surface area contributed by atoms with E-state index < -0.39 is 0 Å². The molecular formula is C23H23N7O3. The first-order valence-electron chi connectivity index (χ1n) is 10.8. The number of likely N-dealkylation sites (tertiary alicyclic amines) is 1. The van der Waals surface area contributed by atoms with Crippen molar-refractivity contribution in [2.45, 2.75) is 33.2 Å². The summed E-state index contributed by atoms with van der Waals surface area (Å²) in [7, 11) is 0. The number of amides is 1. The number of rotatable bonds is 6. The van der Waals surface area contributed by atoms with Gasteiger partial charge in [0.2, 0.25) is 17.6 Å². The van der Waals surface area contributed by atoms with Crippen LogP contribution >= 0.6 is 0 Å². The molecule has 4 aromatic rings. The van der Waals surface area contributed by atoms with E-state index >= 15 is 0 Å². The predicted octanol–water partition coefficient (Wildman–Crippen LogP) is 3.32. The lowest BCUT2D eigenvalue weighted by atomic mass is 9.98. The summed E-state index contributed by atoms with van der Waals surface area (Å²) in [6.45, 7) is 6.93. The number of hydrogen-bond donors (Lipinski definition) is 0. The topological polar surface area (TPSA) is 112 Å². The minimum absolute atomic E-state index is 0.127. The van der Waals surface area contributed by atoms with Gasteiger partial charge in [-0.15, -0.1) is 0 Å². The van der Waals surface area contributed by atoms with Gasteiger partial charge in [0, 0.05) is 12.7 Å². The first-order valence-corrected chi connectivity index (χ1v) is 10.8. The van der Waals surface area contributed by atoms with Crippen LogP contribution in [-0.2, 0) is 0 Å². The van der Waals surface area contributed by atoms with Crippen LogP contribution in [0.2, 0.25) is 0 Å². The van der Waals surface area contributed by atoms with Gasteiger partial charge in [-0.25, -0.2) is 4.98 Å². The molecule has 3 aromatic heterocycles. The van der Waals surface area contributed by atoms with E-state index in [4.69, 9.17) is 9.26 Å². The van der Waals surface area contributed by atoms with Crippen molar-refractivity contribution in [1.82, 2.24) is 35.0 Å². The number of carbonyl (C=O) groups is 1. The summed E-state index contributed by atoms with van der Waals surface area (Å²) in [5, 5.41) is 12.5. The Morgan fingerprint density at radius 3 is 2.70 bits per heavy atom. The van der Waals surface area contributed by atoms with Crippen molar-refractivity contribution in [3.63, 3.8) is 0 Å². The van der Waals surface area contributed by atoms with Crippen molar-refractivity contribution in [1.29, 1.82) is 0 Å². The fourth-order valence-electron chi connectivity index (χ4n) is 3.81. The number of nitrogens with zero attached hydrogens (tertiary/aromatic N) is 7. The van der Waals surface area contributed by atoms with E-state index in [2.05, 4.69) is 25.3 Å². The lowest BCUT2D eigenvalue weighted by molar-refractivity contribution is 0.0378. The van der Waals surface area contributed by atoms with E-state index in [-0.39, 0.29) is 11.9 Å². The number of pyridine rings is 1. The molecule has 10 heteroatoms. The molecule has 1 aromatic carbocycles. The van der Waals surface area contributed by atoms with E-state index in [1.807, 2.05) is 39.0 Å². The van der Waals surface area contributed by atoms with Crippen LogP contribution in [0, 0.1) is 13.8 Å². The van der Waals surface area contributed by atoms with Crippen molar-refractivity contribution in [2.75, 3.05) is 13.2 Å². The van der Waals surface area contributed by atoms with Crippen molar-refractivity contribution < 1.29 is 14.1 Å². The van der Waals surface area contributed by atoms with Gasteiger partial charge in [-0.05, 0) is 62.6 Å². The molecule has 10 nitrogen and oxygen atoms in total. The number of hydrogen-bond acceptors (Lipinski definition) is 8. The van der Waals surface area contributed by atoms with Crippen molar-refractivity contribution in [3.8, 4) is 23.0 Å². The van der Waals surface area contributed by atoms with Crippen LogP contribution in [0.4, 0.5) is 0 Å². The molecule has 0 unspecified atom stereocenters. The van der Waals surface area contributed by atoms with Crippen molar-refractivity contribution in [3.05, 3.63) is 65.4 Å². The molecule has 0 aliphatic carbocycles. The minimum atomic E-state index is -0.300. The Balaban J connectivity index is 1.44. The number of ether oxygens (including phenoxy) is 1. The maximum atomic E-state index is 13.5. The average Bonchev–Trinajstić information content (AvgIpc) is 3.48. The smallest absolute Gasteiger partial charge is 0.256 e. The summed E-state index contributed by atoms with van der Waals surface area (Å²) in [6, 6.07) is 7.13. The second kappa shape index (κ2) is 8.45. The molecule has 5 rings (SSSR count). The Kier molecular flexibility index (Phi) is 5.33. The Hall–Kier alpha value is -4.08. The second-order valence-electron chi connectivity index (χ2n) is 7.82. The van der Waals surface area contributed by atoms with Gasteiger partial charge in [0.25, 0.3) is 5.91 Å². The summed E-state index contributed by atoms with van der Waals surface area (Å²) < 4.78 is 11.1. The Morgan fingerprint density at radius 2 is 1.97 bits per heavy atom. The molecule has 1 fully saturated rings. The molecule has 0 bridgehead atoms. The average molecular weight is 445 g/mol. The fourth-order valence-corrected chi connectivity index (χ4v) is 3.81. The van der Waals surface area contributed by atoms with Gasteiger partial charge < -0.3 is 14.2 Å². The Labute approximate surface area is 190 Å². The molecule has 1 aliphatic heterocycles. The SMILES string of the molecule is CCOc1ncccc1-c1noc([C@@H]2CCN2C(=O)c2cc(C)c(C)cc2-n2nccn2)n1. The van der Waals surface area contributed by atoms with Crippen LogP contribution in [-0.4, -0.2) is 54.1 Å². The normalized spacial score (nSPS) is 15.4. The van der Waals surface area contributed by atoms with E-state index in [0.717, 1.165) is 17.5 Å². The van der Waals surface area contributed by atoms with E-state index in [0.29, 0.717) is 47.6 Å². The molecule has 168 valence electrons. The molecule has 1 saturated heterocycles. The van der Waals surface area contributed by atoms with Crippen LogP contribution in [0.25, 0.3) is 17.1 Å². The van der Waals surface area contributed by atoms with Gasteiger partial charge in [0.1, 0.15) is 6.04 Å². The Bertz CT molecular complexity index is 1300. The summed E-state index contributed by atoms with van der Waals surface area (Å²) in [5.74, 6) is 1.09. The van der Waals surface area contributed by atoms with Crippen LogP contribution < -0.4 is 4.74 Å². The van der Waals surface area contributed by atoms with Crippen molar-refractivity contribution in [2.24, 2.45) is 0 Å². The van der Waals surface area contributed by atoms with Crippen molar-refractivity contribution >= 4 is 5.91 Å². The molecule has 0 spiro atoms. The first kappa shape index (κ1) is 20.8. The number of carbonyl (C=O) groups excluding carboxylic acids is 1. The summed E-state index contributed by atoms with van der Waals surface area (Å²) >= 11 is 0. The maximum Gasteiger partial charge on any atom is 0.256 e. The molecule has 0 radical (unpaired) electrons. The molecule has 33 heavy (non-hydrogen) atoms. The highest BCUT2D eigenvalue weighted by atomic mass is 16.5. The molecule has 1 amide bonds. The maximum absolute atomic E-state index is 13.5. The van der Waals surface area contributed by atoms with Gasteiger partial charge in [-0.3, -0.25) is 4.79 Å². The van der Waals surface area contributed by atoms with E-state index in [9.17, 15) is 4.79 Å². The summed E-state index contributed by atoms with van der Waals surface area (Å²) in [4.78, 5) is 25.5. The summed E-state index contributed by atoms with van der Waals surface area (Å²) in [5.41, 5.74) is 3.90. The highest BCUT2D eigenvalue weighted by molar-refractivity contribution is 5.98. The van der Waals surface area contributed by atoms with Gasteiger partial charge in [-0.1, -0.05) is 5.16 Å². The lowest BCUT2D eigenvalue weighted by Crippen LogP contribution is -2.45. The molecule has 0 N–H and O–H groups in total. The first-order chi connectivity index (χ1) is 16.1. The van der Waals surface area contributed by atoms with Gasteiger partial charge in [0.15, 0.2) is 0 Å². The van der Waals surface area contributed by atoms with Gasteiger partial charge in [-0.2, -0.15) is 20.0 Å². The number of aryl methyl sites for hydroxylation is 2. The molecule has 1 atom stereocenters. The predicted molar refractivity (Wildman–Crippen MR) is 118 cm³/mol. The van der Waals surface area contributed by atoms with Crippen LogP contribution in [0.15, 0.2) is 47.4 Å². The Morgan fingerprint density at radius 1 is 1.18 bits per heavy atom. The quantitative estimate of drug-likeness (QED) is 0.444. The zero-order valence-corrected chi connectivity index (χ0v) is 18.6. The largest absolute Gasteiger partial charge is 0.477 e. The fraction of sp³-hybridized carbons (Fsp3) is 0.304. The second-order valence-corrected chi connectivity index (χ2v) is 7.82. The third kappa shape index (κ3) is 3.73. The third-order valence-corrected chi connectivity index (χ3v) is 5.78. The monoisotopic (exact) mass is 445 g/mol. The zero-order chi connectivity index (χ0) is 22.9. The lowest BCUT2D eigenvalue weighted by Gasteiger charge is -2.38. The minimum Gasteiger partial charge on any atom is -0.477 e. The number of aromatic nitrogens is 6. The standard InChI is InChI=1S/C23H23N7O3/c1-4-32-21-16(6-5-8-24-21)20-27-22(33-28-20)18-7-11-29(18)23(31)17-12-14(2)15(3)13-19(17)30-25-9-10-26-30/h5-6,8-10,12-13,18H,4,7,11H2,1-3H3/t18-/m0/s1. The van der Waals surface area contributed by atoms with E-state index in [1.165, 1.54) is 4.80 Å². The molecule has 0 saturated carbocycles. The zero-order valence-electron chi connectivity index (χ0n) is 18.6. The van der Waals surface area contributed by atoms with Crippen LogP contribution in [0.1, 0.15) is 46.8 Å². The van der Waals surface area contributed by atoms with Crippen LogP contribution in [0.5, 0.6) is 5.88 Å². The third-order valence-electron chi connectivity index (χ3n) is 5.78. The highest BCUT2D eigenvalue weighted by Gasteiger charge is 2.39. The van der Waals surface area contributed by atoms with Gasteiger partial charge >= 0.3 is 0 Å².